The second-order valence-corrected chi connectivity index (χ2v) is 6.49. The maximum Gasteiger partial charge on any atom is 0.185 e. The van der Waals surface area contributed by atoms with Gasteiger partial charge in [0.05, 0.1) is 14.2 Å². The molecular formula is C18H27N3O2S. The number of hydrogen-bond donors (Lipinski definition) is 1. The molecule has 1 aromatic carbocycles. The first-order valence-corrected chi connectivity index (χ1v) is 9.14. The molecule has 2 aromatic rings. The molecule has 1 aromatic heterocycles. The molecule has 6 heteroatoms. The van der Waals surface area contributed by atoms with Gasteiger partial charge in [-0.1, -0.05) is 6.07 Å². The van der Waals surface area contributed by atoms with Gasteiger partial charge >= 0.3 is 0 Å². The number of rotatable bonds is 10. The highest BCUT2D eigenvalue weighted by Crippen LogP contribution is 2.27. The standard InChI is InChI=1S/C18H27N3O2S/c1-5-21(6-2)18-20-13-15(24-18)12-19-10-9-14-7-8-16(22-3)17(11-14)23-4/h7-8,11,13,19H,5-6,9-10,12H2,1-4H3. The maximum atomic E-state index is 5.34. The first-order chi connectivity index (χ1) is 11.7. The zero-order valence-electron chi connectivity index (χ0n) is 15.0. The summed E-state index contributed by atoms with van der Waals surface area (Å²) in [6, 6.07) is 6.06. The fourth-order valence-corrected chi connectivity index (χ4v) is 3.51. The lowest BCUT2D eigenvalue weighted by atomic mass is 10.1. The summed E-state index contributed by atoms with van der Waals surface area (Å²) >= 11 is 1.76. The summed E-state index contributed by atoms with van der Waals surface area (Å²) in [5.74, 6) is 1.55. The number of aromatic nitrogens is 1. The third-order valence-electron chi connectivity index (χ3n) is 3.91. The van der Waals surface area contributed by atoms with E-state index in [-0.39, 0.29) is 0 Å². The van der Waals surface area contributed by atoms with Gasteiger partial charge in [-0.05, 0) is 44.5 Å². The average molecular weight is 350 g/mol. The highest BCUT2D eigenvalue weighted by molar-refractivity contribution is 7.15. The Labute approximate surface area is 148 Å². The summed E-state index contributed by atoms with van der Waals surface area (Å²) in [7, 11) is 3.32. The van der Waals surface area contributed by atoms with E-state index in [1.807, 2.05) is 18.3 Å². The molecule has 0 saturated carbocycles. The van der Waals surface area contributed by atoms with Gasteiger partial charge in [0, 0.05) is 30.7 Å². The molecule has 0 aliphatic rings. The van der Waals surface area contributed by atoms with E-state index in [0.717, 1.165) is 49.2 Å². The van der Waals surface area contributed by atoms with Crippen molar-refractivity contribution < 1.29 is 9.47 Å². The first-order valence-electron chi connectivity index (χ1n) is 8.33. The van der Waals surface area contributed by atoms with Crippen LogP contribution in [0.5, 0.6) is 11.5 Å². The van der Waals surface area contributed by atoms with Gasteiger partial charge < -0.3 is 19.7 Å². The minimum absolute atomic E-state index is 0.766. The lowest BCUT2D eigenvalue weighted by Gasteiger charge is -2.16. The molecule has 1 N–H and O–H groups in total. The van der Waals surface area contributed by atoms with E-state index < -0.39 is 0 Å². The Hall–Kier alpha value is -1.79. The Kier molecular flexibility index (Phi) is 7.34. The van der Waals surface area contributed by atoms with E-state index in [1.54, 1.807) is 25.6 Å². The summed E-state index contributed by atoms with van der Waals surface area (Å²) in [6.45, 7) is 8.07. The molecule has 0 amide bonds. The predicted octanol–water partition coefficient (Wildman–Crippen LogP) is 3.34. The van der Waals surface area contributed by atoms with Gasteiger partial charge in [0.25, 0.3) is 0 Å². The SMILES string of the molecule is CCN(CC)c1ncc(CNCCc2ccc(OC)c(OC)c2)s1. The molecule has 0 spiro atoms. The fraction of sp³-hybridized carbons (Fsp3) is 0.500. The molecule has 24 heavy (non-hydrogen) atoms. The predicted molar refractivity (Wildman–Crippen MR) is 101 cm³/mol. The van der Waals surface area contributed by atoms with E-state index in [0.29, 0.717) is 0 Å². The number of nitrogens with zero attached hydrogens (tertiary/aromatic N) is 2. The van der Waals surface area contributed by atoms with E-state index in [1.165, 1.54) is 10.4 Å². The molecule has 0 aliphatic heterocycles. The van der Waals surface area contributed by atoms with Crippen molar-refractivity contribution in [2.24, 2.45) is 0 Å². The molecule has 1 heterocycles. The van der Waals surface area contributed by atoms with Crippen molar-refractivity contribution in [1.29, 1.82) is 0 Å². The Bertz CT molecular complexity index is 626. The Morgan fingerprint density at radius 1 is 1.12 bits per heavy atom. The molecule has 2 rings (SSSR count). The van der Waals surface area contributed by atoms with Crippen molar-refractivity contribution in [2.45, 2.75) is 26.8 Å². The van der Waals surface area contributed by atoms with Crippen molar-refractivity contribution in [1.82, 2.24) is 10.3 Å². The lowest BCUT2D eigenvalue weighted by molar-refractivity contribution is 0.354. The molecule has 0 bridgehead atoms. The quantitative estimate of drug-likeness (QED) is 0.667. The normalized spacial score (nSPS) is 10.7. The van der Waals surface area contributed by atoms with E-state index >= 15 is 0 Å². The van der Waals surface area contributed by atoms with Crippen LogP contribution in [-0.4, -0.2) is 38.8 Å². The Balaban J connectivity index is 1.81. The highest BCUT2D eigenvalue weighted by atomic mass is 32.1. The van der Waals surface area contributed by atoms with Gasteiger partial charge in [-0.25, -0.2) is 4.98 Å². The summed E-state index contributed by atoms with van der Waals surface area (Å²) < 4.78 is 10.6. The summed E-state index contributed by atoms with van der Waals surface area (Å²) in [4.78, 5) is 8.05. The zero-order valence-corrected chi connectivity index (χ0v) is 15.8. The van der Waals surface area contributed by atoms with Crippen LogP contribution >= 0.6 is 11.3 Å². The molecular weight excluding hydrogens is 322 g/mol. The minimum Gasteiger partial charge on any atom is -0.493 e. The van der Waals surface area contributed by atoms with Gasteiger partial charge in [-0.2, -0.15) is 0 Å². The van der Waals surface area contributed by atoms with Crippen LogP contribution in [0.4, 0.5) is 5.13 Å². The zero-order chi connectivity index (χ0) is 17.4. The van der Waals surface area contributed by atoms with Gasteiger partial charge in [0.2, 0.25) is 0 Å². The number of methoxy groups -OCH3 is 2. The second kappa shape index (κ2) is 9.49. The largest absolute Gasteiger partial charge is 0.493 e. The molecule has 0 aliphatic carbocycles. The molecule has 0 unspecified atom stereocenters. The van der Waals surface area contributed by atoms with E-state index in [2.05, 4.69) is 35.1 Å². The average Bonchev–Trinajstić information content (AvgIpc) is 3.08. The van der Waals surface area contributed by atoms with Crippen LogP contribution in [0.3, 0.4) is 0 Å². The maximum absolute atomic E-state index is 5.34. The van der Waals surface area contributed by atoms with E-state index in [9.17, 15) is 0 Å². The number of anilines is 1. The van der Waals surface area contributed by atoms with Gasteiger partial charge in [-0.3, -0.25) is 0 Å². The molecule has 5 nitrogen and oxygen atoms in total. The van der Waals surface area contributed by atoms with Crippen LogP contribution in [0, 0.1) is 0 Å². The van der Waals surface area contributed by atoms with E-state index in [4.69, 9.17) is 9.47 Å². The van der Waals surface area contributed by atoms with Gasteiger partial charge in [0.15, 0.2) is 16.6 Å². The van der Waals surface area contributed by atoms with Crippen LogP contribution in [0.1, 0.15) is 24.3 Å². The van der Waals surface area contributed by atoms with Crippen molar-refractivity contribution in [3.63, 3.8) is 0 Å². The Morgan fingerprint density at radius 3 is 2.54 bits per heavy atom. The van der Waals surface area contributed by atoms with Crippen LogP contribution in [0.25, 0.3) is 0 Å². The van der Waals surface area contributed by atoms with Crippen LogP contribution < -0.4 is 19.7 Å². The van der Waals surface area contributed by atoms with Crippen LogP contribution in [0.15, 0.2) is 24.4 Å². The molecule has 0 fully saturated rings. The van der Waals surface area contributed by atoms with Crippen molar-refractivity contribution in [3.8, 4) is 11.5 Å². The van der Waals surface area contributed by atoms with Crippen molar-refractivity contribution >= 4 is 16.5 Å². The monoisotopic (exact) mass is 349 g/mol. The fourth-order valence-electron chi connectivity index (χ4n) is 2.50. The van der Waals surface area contributed by atoms with Crippen LogP contribution in [0.2, 0.25) is 0 Å². The Morgan fingerprint density at radius 2 is 1.88 bits per heavy atom. The van der Waals surface area contributed by atoms with Crippen molar-refractivity contribution in [3.05, 3.63) is 34.8 Å². The third kappa shape index (κ3) is 4.85. The lowest BCUT2D eigenvalue weighted by Crippen LogP contribution is -2.21. The molecule has 0 radical (unpaired) electrons. The third-order valence-corrected chi connectivity index (χ3v) is 4.97. The highest BCUT2D eigenvalue weighted by Gasteiger charge is 2.08. The number of benzene rings is 1. The number of ether oxygens (including phenoxy) is 2. The number of hydrogen-bond acceptors (Lipinski definition) is 6. The van der Waals surface area contributed by atoms with Crippen molar-refractivity contribution in [2.75, 3.05) is 38.8 Å². The van der Waals surface area contributed by atoms with Crippen LogP contribution in [-0.2, 0) is 13.0 Å². The summed E-state index contributed by atoms with van der Waals surface area (Å²) in [5.41, 5.74) is 1.23. The summed E-state index contributed by atoms with van der Waals surface area (Å²) in [5, 5.41) is 4.59. The number of thiazole rings is 1. The second-order valence-electron chi connectivity index (χ2n) is 5.40. The first kappa shape index (κ1) is 18.5. The molecule has 132 valence electrons. The smallest absolute Gasteiger partial charge is 0.185 e. The summed E-state index contributed by atoms with van der Waals surface area (Å²) in [6.07, 6.45) is 2.92. The number of nitrogens with one attached hydrogen (secondary N) is 1. The van der Waals surface area contributed by atoms with Gasteiger partial charge in [-0.15, -0.1) is 11.3 Å². The minimum atomic E-state index is 0.766. The molecule has 0 saturated heterocycles. The topological polar surface area (TPSA) is 46.6 Å². The molecule has 0 atom stereocenters. The van der Waals surface area contributed by atoms with Gasteiger partial charge in [0.1, 0.15) is 0 Å².